The fourth-order valence-corrected chi connectivity index (χ4v) is 3.13. The molecule has 0 amide bonds. The molecule has 2 N–H and O–H groups in total. The largest absolute Gasteiger partial charge is 0.390 e. The van der Waals surface area contributed by atoms with Crippen molar-refractivity contribution in [1.82, 2.24) is 0 Å². The molecule has 2 aromatic carbocycles. The average Bonchev–Trinajstić information content (AvgIpc) is 2.84. The van der Waals surface area contributed by atoms with Crippen LogP contribution in [0.25, 0.3) is 11.1 Å². The fourth-order valence-electron chi connectivity index (χ4n) is 2.86. The Kier molecular flexibility index (Phi) is 3.83. The van der Waals surface area contributed by atoms with E-state index in [1.165, 1.54) is 22.3 Å². The van der Waals surface area contributed by atoms with Crippen LogP contribution in [-0.4, -0.2) is 22.1 Å². The van der Waals surface area contributed by atoms with E-state index in [1.54, 1.807) is 0 Å². The zero-order valence-corrected chi connectivity index (χ0v) is 12.1. The molecule has 0 radical (unpaired) electrons. The summed E-state index contributed by atoms with van der Waals surface area (Å²) in [5.74, 6) is 0.564. The maximum absolute atomic E-state index is 10.2. The van der Waals surface area contributed by atoms with Crippen molar-refractivity contribution in [3.05, 3.63) is 59.2 Å². The van der Waals surface area contributed by atoms with Gasteiger partial charge in [0.1, 0.15) is 6.10 Å². The van der Waals surface area contributed by atoms with Crippen molar-refractivity contribution in [2.75, 3.05) is 5.75 Å². The highest BCUT2D eigenvalue weighted by Gasteiger charge is 2.22. The fraction of sp³-hybridized carbons (Fsp3) is 0.294. The first kappa shape index (κ1) is 13.7. The van der Waals surface area contributed by atoms with Crippen molar-refractivity contribution in [1.29, 1.82) is 0 Å². The molecule has 20 heavy (non-hydrogen) atoms. The minimum atomic E-state index is -0.837. The van der Waals surface area contributed by atoms with Gasteiger partial charge in [0.2, 0.25) is 0 Å². The van der Waals surface area contributed by atoms with Crippen molar-refractivity contribution in [2.45, 2.75) is 25.0 Å². The van der Waals surface area contributed by atoms with Crippen molar-refractivity contribution < 1.29 is 10.2 Å². The van der Waals surface area contributed by atoms with Crippen molar-refractivity contribution in [3.63, 3.8) is 0 Å². The molecule has 1 aliphatic rings. The van der Waals surface area contributed by atoms with Gasteiger partial charge < -0.3 is 10.2 Å². The average molecular weight is 286 g/mol. The summed E-state index contributed by atoms with van der Waals surface area (Å²) >= 11 is 4.09. The van der Waals surface area contributed by atoms with Gasteiger partial charge in [0, 0.05) is 0 Å². The number of aliphatic hydroxyl groups is 2. The van der Waals surface area contributed by atoms with Gasteiger partial charge >= 0.3 is 0 Å². The third-order valence-corrected chi connectivity index (χ3v) is 4.21. The van der Waals surface area contributed by atoms with Crippen molar-refractivity contribution >= 4 is 12.6 Å². The molecule has 0 spiro atoms. The molecular formula is C17H18O2S. The van der Waals surface area contributed by atoms with Gasteiger partial charge in [-0.15, -0.1) is 0 Å². The monoisotopic (exact) mass is 286 g/mol. The van der Waals surface area contributed by atoms with E-state index < -0.39 is 12.2 Å². The molecule has 0 aromatic heterocycles. The highest BCUT2D eigenvalue weighted by molar-refractivity contribution is 7.80. The second-order valence-electron chi connectivity index (χ2n) is 5.27. The molecule has 3 heteroatoms. The molecule has 2 nitrogen and oxygen atoms in total. The Balaban J connectivity index is 1.91. The van der Waals surface area contributed by atoms with Gasteiger partial charge in [0.25, 0.3) is 0 Å². The smallest absolute Gasteiger partial charge is 0.105 e. The van der Waals surface area contributed by atoms with Gasteiger partial charge in [-0.2, -0.15) is 12.6 Å². The Morgan fingerprint density at radius 3 is 2.55 bits per heavy atom. The van der Waals surface area contributed by atoms with Crippen LogP contribution in [0.4, 0.5) is 0 Å². The lowest BCUT2D eigenvalue weighted by Gasteiger charge is -2.18. The molecule has 0 heterocycles. The molecule has 0 bridgehead atoms. The lowest BCUT2D eigenvalue weighted by Crippen LogP contribution is -2.18. The van der Waals surface area contributed by atoms with Crippen LogP contribution in [0.2, 0.25) is 0 Å². The van der Waals surface area contributed by atoms with E-state index in [0.29, 0.717) is 12.2 Å². The number of thiol groups is 1. The number of fused-ring (bicyclic) bond motifs is 3. The van der Waals surface area contributed by atoms with Crippen LogP contribution < -0.4 is 0 Å². The highest BCUT2D eigenvalue weighted by Crippen LogP contribution is 2.37. The highest BCUT2D eigenvalue weighted by atomic mass is 32.1. The third-order valence-electron chi connectivity index (χ3n) is 3.95. The second kappa shape index (κ2) is 5.60. The van der Waals surface area contributed by atoms with Gasteiger partial charge in [-0.05, 0) is 46.4 Å². The third kappa shape index (κ3) is 2.37. The molecule has 2 aromatic rings. The Bertz CT molecular complexity index is 624. The first-order valence-electron chi connectivity index (χ1n) is 6.89. The number of rotatable bonds is 4. The molecule has 2 unspecified atom stereocenters. The molecule has 0 saturated carbocycles. The molecule has 0 saturated heterocycles. The van der Waals surface area contributed by atoms with E-state index in [2.05, 4.69) is 30.8 Å². The summed E-state index contributed by atoms with van der Waals surface area (Å²) in [4.78, 5) is 0. The van der Waals surface area contributed by atoms with E-state index in [1.807, 2.05) is 24.3 Å². The van der Waals surface area contributed by atoms with E-state index in [9.17, 15) is 10.2 Å². The minimum absolute atomic E-state index is 0.488. The summed E-state index contributed by atoms with van der Waals surface area (Å²) in [6, 6.07) is 14.3. The van der Waals surface area contributed by atoms with Crippen molar-refractivity contribution in [2.24, 2.45) is 0 Å². The normalized spacial score (nSPS) is 15.6. The topological polar surface area (TPSA) is 40.5 Å². The SMILES string of the molecule is OC(CCS)C(O)c1ccc2c(c1)Cc1ccccc1-2. The standard InChI is InChI=1S/C17H18O2S/c18-16(7-8-20)17(19)12-5-6-15-13(10-12)9-11-3-1-2-4-14(11)15/h1-6,10,16-20H,7-9H2. The van der Waals surface area contributed by atoms with Gasteiger partial charge in [-0.3, -0.25) is 0 Å². The maximum Gasteiger partial charge on any atom is 0.105 e. The minimum Gasteiger partial charge on any atom is -0.390 e. The molecule has 0 aliphatic heterocycles. The van der Waals surface area contributed by atoms with Gasteiger partial charge in [0.05, 0.1) is 6.10 Å². The van der Waals surface area contributed by atoms with E-state index in [-0.39, 0.29) is 0 Å². The summed E-state index contributed by atoms with van der Waals surface area (Å²) in [5, 5.41) is 20.1. The van der Waals surface area contributed by atoms with Crippen LogP contribution in [-0.2, 0) is 6.42 Å². The Labute approximate surface area is 124 Å². The Morgan fingerprint density at radius 1 is 1.00 bits per heavy atom. The molecular weight excluding hydrogens is 268 g/mol. The van der Waals surface area contributed by atoms with E-state index >= 15 is 0 Å². The molecule has 3 rings (SSSR count). The predicted molar refractivity (Wildman–Crippen MR) is 84.1 cm³/mol. The Morgan fingerprint density at radius 2 is 1.75 bits per heavy atom. The molecule has 2 atom stereocenters. The summed E-state index contributed by atoms with van der Waals surface area (Å²) in [6.07, 6.45) is -0.207. The number of aliphatic hydroxyl groups excluding tert-OH is 2. The van der Waals surface area contributed by atoms with Gasteiger partial charge in [0.15, 0.2) is 0 Å². The summed E-state index contributed by atoms with van der Waals surface area (Å²) in [7, 11) is 0. The van der Waals surface area contributed by atoms with Crippen LogP contribution in [0, 0.1) is 0 Å². The lowest BCUT2D eigenvalue weighted by atomic mass is 9.97. The number of hydrogen-bond donors (Lipinski definition) is 3. The summed E-state index contributed by atoms with van der Waals surface area (Å²) in [5.41, 5.74) is 5.84. The van der Waals surface area contributed by atoms with Gasteiger partial charge in [-0.25, -0.2) is 0 Å². The first-order chi connectivity index (χ1) is 9.70. The van der Waals surface area contributed by atoms with Crippen LogP contribution >= 0.6 is 12.6 Å². The van der Waals surface area contributed by atoms with Crippen molar-refractivity contribution in [3.8, 4) is 11.1 Å². The van der Waals surface area contributed by atoms with Crippen LogP contribution in [0.15, 0.2) is 42.5 Å². The van der Waals surface area contributed by atoms with E-state index in [0.717, 1.165) is 12.0 Å². The zero-order chi connectivity index (χ0) is 14.1. The van der Waals surface area contributed by atoms with Crippen LogP contribution in [0.1, 0.15) is 29.2 Å². The van der Waals surface area contributed by atoms with E-state index in [4.69, 9.17) is 0 Å². The van der Waals surface area contributed by atoms with Crippen LogP contribution in [0.3, 0.4) is 0 Å². The van der Waals surface area contributed by atoms with Gasteiger partial charge in [-0.1, -0.05) is 42.5 Å². The number of benzene rings is 2. The quantitative estimate of drug-likeness (QED) is 0.645. The summed E-state index contributed by atoms with van der Waals surface area (Å²) in [6.45, 7) is 0. The predicted octanol–water partition coefficient (Wildman–Crippen LogP) is 2.97. The Hall–Kier alpha value is -1.29. The zero-order valence-electron chi connectivity index (χ0n) is 11.2. The first-order valence-corrected chi connectivity index (χ1v) is 7.52. The lowest BCUT2D eigenvalue weighted by molar-refractivity contribution is 0.0172. The summed E-state index contributed by atoms with van der Waals surface area (Å²) < 4.78 is 0. The number of hydrogen-bond acceptors (Lipinski definition) is 3. The van der Waals surface area contributed by atoms with Crippen LogP contribution in [0.5, 0.6) is 0 Å². The molecule has 0 fully saturated rings. The maximum atomic E-state index is 10.2. The molecule has 104 valence electrons. The second-order valence-corrected chi connectivity index (χ2v) is 5.72. The molecule has 1 aliphatic carbocycles.